The van der Waals surface area contributed by atoms with Crippen LogP contribution >= 0.6 is 23.2 Å². The largest absolute Gasteiger partial charge is 0.469 e. The van der Waals surface area contributed by atoms with Crippen LogP contribution in [0, 0.1) is 0 Å². The van der Waals surface area contributed by atoms with E-state index in [2.05, 4.69) is 0 Å². The lowest BCUT2D eigenvalue weighted by molar-refractivity contribution is 0.170. The van der Waals surface area contributed by atoms with Gasteiger partial charge in [0.05, 0.1) is 12.4 Å². The first-order valence-corrected chi connectivity index (χ1v) is 5.57. The summed E-state index contributed by atoms with van der Waals surface area (Å²) >= 11 is 11.7. The maximum absolute atomic E-state index is 9.96. The summed E-state index contributed by atoms with van der Waals surface area (Å²) < 4.78 is 5.16. The Balaban J connectivity index is 2.17. The molecule has 0 aliphatic carbocycles. The van der Waals surface area contributed by atoms with Crippen molar-refractivity contribution in [1.82, 2.24) is 0 Å². The summed E-state index contributed by atoms with van der Waals surface area (Å²) in [6, 6.07) is 8.62. The van der Waals surface area contributed by atoms with Gasteiger partial charge in [-0.3, -0.25) is 0 Å². The smallest absolute Gasteiger partial charge is 0.106 e. The third kappa shape index (κ3) is 2.79. The molecule has 0 spiro atoms. The van der Waals surface area contributed by atoms with Crippen molar-refractivity contribution in [3.05, 3.63) is 58.0 Å². The predicted octanol–water partition coefficient (Wildman–Crippen LogP) is 3.86. The van der Waals surface area contributed by atoms with E-state index in [1.54, 1.807) is 30.5 Å². The second-order valence-corrected chi connectivity index (χ2v) is 4.37. The van der Waals surface area contributed by atoms with Gasteiger partial charge in [-0.25, -0.2) is 0 Å². The summed E-state index contributed by atoms with van der Waals surface area (Å²) in [6.07, 6.45) is 1.32. The molecule has 84 valence electrons. The highest BCUT2D eigenvalue weighted by atomic mass is 35.5. The Hall–Kier alpha value is -0.960. The lowest BCUT2D eigenvalue weighted by atomic mass is 10.1. The van der Waals surface area contributed by atoms with Crippen molar-refractivity contribution in [2.75, 3.05) is 0 Å². The average molecular weight is 257 g/mol. The summed E-state index contributed by atoms with van der Waals surface area (Å²) in [7, 11) is 0. The maximum Gasteiger partial charge on any atom is 0.106 e. The monoisotopic (exact) mass is 256 g/mol. The average Bonchev–Trinajstić information content (AvgIpc) is 2.68. The van der Waals surface area contributed by atoms with Gasteiger partial charge in [-0.15, -0.1) is 0 Å². The summed E-state index contributed by atoms with van der Waals surface area (Å²) in [5, 5.41) is 11.0. The van der Waals surface area contributed by atoms with Crippen LogP contribution in [0.25, 0.3) is 0 Å². The van der Waals surface area contributed by atoms with E-state index < -0.39 is 6.10 Å². The molecule has 1 aromatic carbocycles. The quantitative estimate of drug-likeness (QED) is 0.905. The zero-order valence-corrected chi connectivity index (χ0v) is 9.87. The van der Waals surface area contributed by atoms with Crippen molar-refractivity contribution in [2.24, 2.45) is 0 Å². The number of rotatable bonds is 3. The number of hydrogen-bond donors (Lipinski definition) is 1. The first-order chi connectivity index (χ1) is 7.65. The van der Waals surface area contributed by atoms with E-state index in [-0.39, 0.29) is 0 Å². The first kappa shape index (κ1) is 11.5. The van der Waals surface area contributed by atoms with E-state index >= 15 is 0 Å². The molecular formula is C12H10Cl2O2. The zero-order valence-electron chi connectivity index (χ0n) is 8.36. The molecule has 2 nitrogen and oxygen atoms in total. The standard InChI is InChI=1S/C12H10Cl2O2/c13-9-4-8(5-10(14)6-9)12(15)7-11-2-1-3-16-11/h1-6,12,15H,7H2. The van der Waals surface area contributed by atoms with Crippen LogP contribution < -0.4 is 0 Å². The number of benzene rings is 1. The van der Waals surface area contributed by atoms with Gasteiger partial charge in [0.25, 0.3) is 0 Å². The van der Waals surface area contributed by atoms with E-state index in [0.29, 0.717) is 22.0 Å². The van der Waals surface area contributed by atoms with Gasteiger partial charge >= 0.3 is 0 Å². The van der Waals surface area contributed by atoms with Gasteiger partial charge in [-0.05, 0) is 35.9 Å². The van der Waals surface area contributed by atoms with E-state index in [1.807, 2.05) is 6.07 Å². The Morgan fingerprint density at radius 1 is 1.19 bits per heavy atom. The molecule has 2 rings (SSSR count). The minimum absolute atomic E-state index is 0.406. The molecular weight excluding hydrogens is 247 g/mol. The molecule has 1 atom stereocenters. The van der Waals surface area contributed by atoms with Crippen LogP contribution in [0.15, 0.2) is 41.0 Å². The molecule has 0 saturated heterocycles. The van der Waals surface area contributed by atoms with Gasteiger partial charge in [0.15, 0.2) is 0 Å². The van der Waals surface area contributed by atoms with Crippen LogP contribution in [0.4, 0.5) is 0 Å². The SMILES string of the molecule is OC(Cc1ccco1)c1cc(Cl)cc(Cl)c1. The molecule has 1 aromatic heterocycles. The predicted molar refractivity (Wildman–Crippen MR) is 63.8 cm³/mol. The summed E-state index contributed by atoms with van der Waals surface area (Å²) in [5.41, 5.74) is 0.689. The molecule has 0 amide bonds. The second-order valence-electron chi connectivity index (χ2n) is 3.50. The molecule has 0 aliphatic heterocycles. The first-order valence-electron chi connectivity index (χ1n) is 4.81. The third-order valence-corrected chi connectivity index (χ3v) is 2.68. The molecule has 0 bridgehead atoms. The van der Waals surface area contributed by atoms with E-state index in [4.69, 9.17) is 27.6 Å². The van der Waals surface area contributed by atoms with Crippen LogP contribution in [0.3, 0.4) is 0 Å². The number of hydrogen-bond acceptors (Lipinski definition) is 2. The molecule has 1 heterocycles. The highest BCUT2D eigenvalue weighted by molar-refractivity contribution is 6.34. The molecule has 1 N–H and O–H groups in total. The van der Waals surface area contributed by atoms with Gasteiger partial charge in [-0.1, -0.05) is 23.2 Å². The normalized spacial score (nSPS) is 12.7. The number of aliphatic hydroxyl groups is 1. The highest BCUT2D eigenvalue weighted by Gasteiger charge is 2.11. The third-order valence-electron chi connectivity index (χ3n) is 2.24. The van der Waals surface area contributed by atoms with Gasteiger partial charge in [0.2, 0.25) is 0 Å². The Morgan fingerprint density at radius 3 is 2.44 bits per heavy atom. The van der Waals surface area contributed by atoms with Crippen molar-refractivity contribution in [1.29, 1.82) is 0 Å². The Morgan fingerprint density at radius 2 is 1.88 bits per heavy atom. The summed E-state index contributed by atoms with van der Waals surface area (Å²) in [6.45, 7) is 0. The molecule has 4 heteroatoms. The molecule has 0 fully saturated rings. The van der Waals surface area contributed by atoms with Gasteiger partial charge in [-0.2, -0.15) is 0 Å². The Bertz CT molecular complexity index is 446. The fourth-order valence-corrected chi connectivity index (χ4v) is 2.05. The zero-order chi connectivity index (χ0) is 11.5. The lowest BCUT2D eigenvalue weighted by Crippen LogP contribution is -2.00. The Kier molecular flexibility index (Phi) is 3.54. The van der Waals surface area contributed by atoms with Gasteiger partial charge in [0, 0.05) is 16.5 Å². The Labute approximate surface area is 103 Å². The molecule has 1 unspecified atom stereocenters. The van der Waals surface area contributed by atoms with Gasteiger partial charge in [0.1, 0.15) is 5.76 Å². The lowest BCUT2D eigenvalue weighted by Gasteiger charge is -2.10. The fraction of sp³-hybridized carbons (Fsp3) is 0.167. The van der Waals surface area contributed by atoms with E-state index in [1.165, 1.54) is 0 Å². The topological polar surface area (TPSA) is 33.4 Å². The molecule has 0 aliphatic rings. The van der Waals surface area contributed by atoms with Crippen molar-refractivity contribution < 1.29 is 9.52 Å². The number of halogens is 2. The minimum Gasteiger partial charge on any atom is -0.469 e. The van der Waals surface area contributed by atoms with Crippen molar-refractivity contribution >= 4 is 23.2 Å². The van der Waals surface area contributed by atoms with Crippen LogP contribution in [0.2, 0.25) is 10.0 Å². The number of aliphatic hydroxyl groups excluding tert-OH is 1. The van der Waals surface area contributed by atoms with Gasteiger partial charge < -0.3 is 9.52 Å². The second kappa shape index (κ2) is 4.91. The minimum atomic E-state index is -0.664. The van der Waals surface area contributed by atoms with Crippen LogP contribution in [-0.2, 0) is 6.42 Å². The molecule has 2 aromatic rings. The highest BCUT2D eigenvalue weighted by Crippen LogP contribution is 2.25. The maximum atomic E-state index is 9.96. The summed E-state index contributed by atoms with van der Waals surface area (Å²) in [5.74, 6) is 0.726. The molecule has 16 heavy (non-hydrogen) atoms. The van der Waals surface area contributed by atoms with E-state index in [9.17, 15) is 5.11 Å². The van der Waals surface area contributed by atoms with E-state index in [0.717, 1.165) is 5.76 Å². The molecule has 0 saturated carbocycles. The van der Waals surface area contributed by atoms with Crippen molar-refractivity contribution in [3.8, 4) is 0 Å². The van der Waals surface area contributed by atoms with Crippen LogP contribution in [0.5, 0.6) is 0 Å². The van der Waals surface area contributed by atoms with Crippen LogP contribution in [-0.4, -0.2) is 5.11 Å². The van der Waals surface area contributed by atoms with Crippen LogP contribution in [0.1, 0.15) is 17.4 Å². The molecule has 0 radical (unpaired) electrons. The number of furan rings is 1. The fourth-order valence-electron chi connectivity index (χ4n) is 1.50. The summed E-state index contributed by atoms with van der Waals surface area (Å²) in [4.78, 5) is 0. The van der Waals surface area contributed by atoms with Crippen molar-refractivity contribution in [2.45, 2.75) is 12.5 Å². The van der Waals surface area contributed by atoms with Crippen molar-refractivity contribution in [3.63, 3.8) is 0 Å².